The van der Waals surface area contributed by atoms with E-state index >= 15 is 0 Å². The van der Waals surface area contributed by atoms with Crippen molar-refractivity contribution in [3.8, 4) is 0 Å². The predicted molar refractivity (Wildman–Crippen MR) is 65.5 cm³/mol. The molecular formula is C12H18F2N4O. The van der Waals surface area contributed by atoms with Crippen molar-refractivity contribution in [2.24, 2.45) is 5.92 Å². The Kier molecular flexibility index (Phi) is 4.84. The zero-order valence-corrected chi connectivity index (χ0v) is 10.6. The van der Waals surface area contributed by atoms with Crippen LogP contribution in [0.1, 0.15) is 31.6 Å². The topological polar surface area (TPSA) is 59.0 Å². The van der Waals surface area contributed by atoms with E-state index < -0.39 is 6.55 Å². The van der Waals surface area contributed by atoms with Crippen molar-refractivity contribution < 1.29 is 13.6 Å². The maximum Gasteiger partial charge on any atom is 0.319 e. The van der Waals surface area contributed by atoms with Crippen molar-refractivity contribution in [3.05, 3.63) is 18.2 Å². The molecule has 19 heavy (non-hydrogen) atoms. The zero-order chi connectivity index (χ0) is 13.7. The van der Waals surface area contributed by atoms with Gasteiger partial charge in [-0.25, -0.2) is 4.98 Å². The standard InChI is InChI=1S/C12H18F2N4O/c13-12(14)18-6-5-16-10(18)8-17-11(19)2-1-9-3-4-15-7-9/h5-6,9,12,15H,1-4,7-8H2,(H,17,19). The van der Waals surface area contributed by atoms with E-state index in [0.29, 0.717) is 12.3 Å². The summed E-state index contributed by atoms with van der Waals surface area (Å²) in [5.41, 5.74) is 0. The van der Waals surface area contributed by atoms with Crippen LogP contribution in [0.4, 0.5) is 8.78 Å². The van der Waals surface area contributed by atoms with Gasteiger partial charge in [0.25, 0.3) is 0 Å². The summed E-state index contributed by atoms with van der Waals surface area (Å²) in [4.78, 5) is 15.4. The van der Waals surface area contributed by atoms with E-state index in [4.69, 9.17) is 0 Å². The Labute approximate surface area is 110 Å². The number of imidazole rings is 1. The van der Waals surface area contributed by atoms with Crippen LogP contribution in [0.15, 0.2) is 12.4 Å². The molecule has 1 aliphatic heterocycles. The van der Waals surface area contributed by atoms with Crippen molar-refractivity contribution in [1.29, 1.82) is 0 Å². The monoisotopic (exact) mass is 272 g/mol. The fraction of sp³-hybridized carbons (Fsp3) is 0.667. The number of alkyl halides is 2. The third-order valence-corrected chi connectivity index (χ3v) is 3.34. The molecule has 1 aromatic rings. The quantitative estimate of drug-likeness (QED) is 0.820. The molecule has 0 bridgehead atoms. The van der Waals surface area contributed by atoms with E-state index in [1.54, 1.807) is 0 Å². The number of hydrogen-bond acceptors (Lipinski definition) is 3. The molecular weight excluding hydrogens is 254 g/mol. The number of aromatic nitrogens is 2. The molecule has 1 unspecified atom stereocenters. The van der Waals surface area contributed by atoms with E-state index in [-0.39, 0.29) is 18.3 Å². The maximum atomic E-state index is 12.5. The number of rotatable bonds is 6. The minimum Gasteiger partial charge on any atom is -0.349 e. The summed E-state index contributed by atoms with van der Waals surface area (Å²) in [6.45, 7) is -0.612. The average Bonchev–Trinajstić information content (AvgIpc) is 3.04. The van der Waals surface area contributed by atoms with Crippen LogP contribution < -0.4 is 10.6 Å². The van der Waals surface area contributed by atoms with E-state index in [0.717, 1.165) is 30.5 Å². The van der Waals surface area contributed by atoms with Crippen molar-refractivity contribution in [3.63, 3.8) is 0 Å². The number of nitrogens with one attached hydrogen (secondary N) is 2. The number of hydrogen-bond donors (Lipinski definition) is 2. The number of carbonyl (C=O) groups is 1. The Morgan fingerprint density at radius 3 is 3.16 bits per heavy atom. The van der Waals surface area contributed by atoms with Crippen LogP contribution >= 0.6 is 0 Å². The summed E-state index contributed by atoms with van der Waals surface area (Å²) in [5.74, 6) is 0.607. The number of halogens is 2. The lowest BCUT2D eigenvalue weighted by Crippen LogP contribution is -2.25. The van der Waals surface area contributed by atoms with Gasteiger partial charge in [-0.2, -0.15) is 8.78 Å². The first kappa shape index (κ1) is 13.9. The molecule has 2 N–H and O–H groups in total. The van der Waals surface area contributed by atoms with Gasteiger partial charge in [-0.05, 0) is 31.8 Å². The summed E-state index contributed by atoms with van der Waals surface area (Å²) >= 11 is 0. The molecule has 0 aliphatic carbocycles. The molecule has 1 atom stereocenters. The van der Waals surface area contributed by atoms with Gasteiger partial charge >= 0.3 is 6.55 Å². The Morgan fingerprint density at radius 1 is 1.63 bits per heavy atom. The number of nitrogens with zero attached hydrogens (tertiary/aromatic N) is 2. The van der Waals surface area contributed by atoms with Crippen LogP contribution in [0.5, 0.6) is 0 Å². The van der Waals surface area contributed by atoms with E-state index in [1.807, 2.05) is 0 Å². The lowest BCUT2D eigenvalue weighted by Gasteiger charge is -2.09. The first-order chi connectivity index (χ1) is 9.16. The van der Waals surface area contributed by atoms with Gasteiger partial charge in [0.2, 0.25) is 5.91 Å². The normalized spacial score (nSPS) is 19.0. The van der Waals surface area contributed by atoms with Gasteiger partial charge in [0.1, 0.15) is 5.82 Å². The fourth-order valence-electron chi connectivity index (χ4n) is 2.22. The Hall–Kier alpha value is -1.50. The smallest absolute Gasteiger partial charge is 0.319 e. The van der Waals surface area contributed by atoms with Crippen LogP contribution in [0.25, 0.3) is 0 Å². The van der Waals surface area contributed by atoms with Crippen molar-refractivity contribution in [2.45, 2.75) is 32.4 Å². The van der Waals surface area contributed by atoms with Crippen molar-refractivity contribution >= 4 is 5.91 Å². The summed E-state index contributed by atoms with van der Waals surface area (Å²) in [7, 11) is 0. The fourth-order valence-corrected chi connectivity index (χ4v) is 2.22. The molecule has 1 aliphatic rings. The Balaban J connectivity index is 1.72. The van der Waals surface area contributed by atoms with Gasteiger partial charge in [0.15, 0.2) is 0 Å². The van der Waals surface area contributed by atoms with E-state index in [9.17, 15) is 13.6 Å². The highest BCUT2D eigenvalue weighted by atomic mass is 19.3. The zero-order valence-electron chi connectivity index (χ0n) is 10.6. The molecule has 0 saturated carbocycles. The van der Waals surface area contributed by atoms with Gasteiger partial charge in [-0.1, -0.05) is 0 Å². The molecule has 5 nitrogen and oxygen atoms in total. The maximum absolute atomic E-state index is 12.5. The second-order valence-corrected chi connectivity index (χ2v) is 4.70. The molecule has 7 heteroatoms. The Bertz CT molecular complexity index is 416. The van der Waals surface area contributed by atoms with Gasteiger partial charge in [0, 0.05) is 18.8 Å². The van der Waals surface area contributed by atoms with E-state index in [2.05, 4.69) is 15.6 Å². The Morgan fingerprint density at radius 2 is 2.47 bits per heavy atom. The largest absolute Gasteiger partial charge is 0.349 e. The average molecular weight is 272 g/mol. The summed E-state index contributed by atoms with van der Waals surface area (Å²) < 4.78 is 25.8. The molecule has 0 aromatic carbocycles. The number of carbonyl (C=O) groups excluding carboxylic acids is 1. The van der Waals surface area contributed by atoms with Crippen molar-refractivity contribution in [1.82, 2.24) is 20.2 Å². The third-order valence-electron chi connectivity index (χ3n) is 3.34. The lowest BCUT2D eigenvalue weighted by atomic mass is 10.0. The highest BCUT2D eigenvalue weighted by Crippen LogP contribution is 2.14. The van der Waals surface area contributed by atoms with Crippen LogP contribution in [-0.2, 0) is 11.3 Å². The minimum absolute atomic E-state index is 0.0408. The second kappa shape index (κ2) is 6.60. The third kappa shape index (κ3) is 3.99. The second-order valence-electron chi connectivity index (χ2n) is 4.70. The molecule has 1 fully saturated rings. The summed E-state index contributed by atoms with van der Waals surface area (Å²) in [6.07, 6.45) is 4.88. The molecule has 2 rings (SSSR count). The molecule has 1 aromatic heterocycles. The highest BCUT2D eigenvalue weighted by molar-refractivity contribution is 5.75. The first-order valence-electron chi connectivity index (χ1n) is 6.44. The highest BCUT2D eigenvalue weighted by Gasteiger charge is 2.16. The van der Waals surface area contributed by atoms with Gasteiger partial charge < -0.3 is 10.6 Å². The molecule has 1 amide bonds. The molecule has 106 valence electrons. The van der Waals surface area contributed by atoms with Gasteiger partial charge in [-0.15, -0.1) is 0 Å². The summed E-state index contributed by atoms with van der Waals surface area (Å²) in [6, 6.07) is 0. The van der Waals surface area contributed by atoms with Crippen molar-refractivity contribution in [2.75, 3.05) is 13.1 Å². The molecule has 0 radical (unpaired) electrons. The van der Waals surface area contributed by atoms with Crippen LogP contribution in [-0.4, -0.2) is 28.5 Å². The summed E-state index contributed by atoms with van der Waals surface area (Å²) in [5, 5.41) is 5.87. The van der Waals surface area contributed by atoms with Gasteiger partial charge in [-0.3, -0.25) is 9.36 Å². The van der Waals surface area contributed by atoms with E-state index in [1.165, 1.54) is 12.4 Å². The van der Waals surface area contributed by atoms with Gasteiger partial charge in [0.05, 0.1) is 6.54 Å². The molecule has 2 heterocycles. The number of amides is 1. The molecule has 1 saturated heterocycles. The first-order valence-corrected chi connectivity index (χ1v) is 6.44. The SMILES string of the molecule is O=C(CCC1CCNC1)NCc1nccn1C(F)F. The minimum atomic E-state index is -2.63. The lowest BCUT2D eigenvalue weighted by molar-refractivity contribution is -0.121. The predicted octanol–water partition coefficient (Wildman–Crippen LogP) is 1.28. The van der Waals surface area contributed by atoms with Crippen LogP contribution in [0.3, 0.4) is 0 Å². The van der Waals surface area contributed by atoms with Crippen LogP contribution in [0, 0.1) is 5.92 Å². The molecule has 0 spiro atoms. The van der Waals surface area contributed by atoms with Crippen LogP contribution in [0.2, 0.25) is 0 Å².